The van der Waals surface area contributed by atoms with E-state index in [4.69, 9.17) is 0 Å². The molecule has 4 heterocycles. The van der Waals surface area contributed by atoms with Crippen LogP contribution < -0.4 is 10.2 Å². The number of rotatable bonds is 4. The van der Waals surface area contributed by atoms with Crippen molar-refractivity contribution in [2.24, 2.45) is 0 Å². The number of fused-ring (bicyclic) bond motifs is 2. The van der Waals surface area contributed by atoms with Gasteiger partial charge in [0, 0.05) is 36.8 Å². The van der Waals surface area contributed by atoms with Crippen LogP contribution in [0.5, 0.6) is 5.75 Å². The molecule has 8 nitrogen and oxygen atoms in total. The van der Waals surface area contributed by atoms with Crippen LogP contribution in [0.2, 0.25) is 0 Å². The third-order valence-corrected chi connectivity index (χ3v) is 5.95. The normalized spacial score (nSPS) is 23.7. The van der Waals surface area contributed by atoms with Gasteiger partial charge in [0.25, 0.3) is 0 Å². The number of nitrogens with zero attached hydrogens (tertiary/aromatic N) is 6. The molecular formula is C20H23N7O. The molecule has 2 bridgehead atoms. The summed E-state index contributed by atoms with van der Waals surface area (Å²) in [5.41, 5.74) is 2.03. The Morgan fingerprint density at radius 2 is 1.93 bits per heavy atom. The fourth-order valence-corrected chi connectivity index (χ4v) is 4.41. The van der Waals surface area contributed by atoms with Gasteiger partial charge in [-0.05, 0) is 49.9 Å². The molecule has 1 aromatic carbocycles. The maximum atomic E-state index is 10.4. The number of hydrogen-bond acceptors (Lipinski definition) is 7. The van der Waals surface area contributed by atoms with Crippen molar-refractivity contribution >= 4 is 5.82 Å². The number of nitrogens with one attached hydrogen (secondary N) is 1. The average molecular weight is 377 g/mol. The first-order valence-electron chi connectivity index (χ1n) is 9.68. The van der Waals surface area contributed by atoms with Gasteiger partial charge in [-0.1, -0.05) is 0 Å². The number of aromatic hydroxyl groups is 1. The minimum absolute atomic E-state index is 0.137. The van der Waals surface area contributed by atoms with Crippen LogP contribution in [0.15, 0.2) is 43.0 Å². The smallest absolute Gasteiger partial charge is 0.151 e. The molecule has 2 fully saturated rings. The molecule has 3 aromatic rings. The zero-order valence-corrected chi connectivity index (χ0v) is 15.7. The Balaban J connectivity index is 1.35. The quantitative estimate of drug-likeness (QED) is 0.720. The highest BCUT2D eigenvalue weighted by molar-refractivity contribution is 5.68. The molecule has 0 amide bonds. The van der Waals surface area contributed by atoms with E-state index in [-0.39, 0.29) is 5.75 Å². The van der Waals surface area contributed by atoms with E-state index in [1.807, 2.05) is 24.3 Å². The predicted octanol–water partition coefficient (Wildman–Crippen LogP) is 2.15. The molecule has 2 aromatic heterocycles. The van der Waals surface area contributed by atoms with Gasteiger partial charge in [0.15, 0.2) is 5.82 Å². The molecule has 8 heteroatoms. The maximum absolute atomic E-state index is 10.4. The maximum Gasteiger partial charge on any atom is 0.151 e. The summed E-state index contributed by atoms with van der Waals surface area (Å²) >= 11 is 0. The SMILES string of the molecule is CN(c1ccc(-c2ccc(-n3cncn3)cc2O)nn1)C1CC2CCC(C1)N2. The van der Waals surface area contributed by atoms with E-state index in [2.05, 4.69) is 37.5 Å². The molecule has 2 aliphatic heterocycles. The molecule has 2 aliphatic rings. The lowest BCUT2D eigenvalue weighted by molar-refractivity contribution is 0.353. The van der Waals surface area contributed by atoms with E-state index >= 15 is 0 Å². The summed E-state index contributed by atoms with van der Waals surface area (Å²) in [7, 11) is 2.10. The lowest BCUT2D eigenvalue weighted by atomic mass is 9.98. The molecule has 2 saturated heterocycles. The number of phenolic OH excluding ortho intramolecular Hbond substituents is 1. The lowest BCUT2D eigenvalue weighted by Crippen LogP contribution is -2.47. The molecule has 144 valence electrons. The van der Waals surface area contributed by atoms with Crippen molar-refractivity contribution in [2.75, 3.05) is 11.9 Å². The number of phenols is 1. The van der Waals surface area contributed by atoms with Gasteiger partial charge in [0.2, 0.25) is 0 Å². The second-order valence-electron chi connectivity index (χ2n) is 7.69. The highest BCUT2D eigenvalue weighted by Crippen LogP contribution is 2.32. The van der Waals surface area contributed by atoms with Gasteiger partial charge in [0.05, 0.1) is 11.4 Å². The van der Waals surface area contributed by atoms with Crippen LogP contribution in [0, 0.1) is 0 Å². The van der Waals surface area contributed by atoms with Crippen LogP contribution >= 0.6 is 0 Å². The van der Waals surface area contributed by atoms with E-state index in [1.54, 1.807) is 17.1 Å². The summed E-state index contributed by atoms with van der Waals surface area (Å²) in [6, 6.07) is 11.0. The monoisotopic (exact) mass is 377 g/mol. The van der Waals surface area contributed by atoms with Crippen molar-refractivity contribution in [3.8, 4) is 22.7 Å². The van der Waals surface area contributed by atoms with Crippen LogP contribution in [0.4, 0.5) is 5.82 Å². The van der Waals surface area contributed by atoms with E-state index in [0.29, 0.717) is 29.4 Å². The molecule has 5 rings (SSSR count). The molecule has 0 saturated carbocycles. The Hall–Kier alpha value is -3.00. The van der Waals surface area contributed by atoms with Crippen LogP contribution in [0.25, 0.3) is 16.9 Å². The third kappa shape index (κ3) is 3.09. The standard InChI is InChI=1S/C20H23N7O/c1-26(16-8-13-2-3-14(9-16)23-13)20-7-6-18(24-25-20)17-5-4-15(10-19(17)28)27-12-21-11-22-27/h4-7,10-14,16,23,28H,2-3,8-9H2,1H3. The van der Waals surface area contributed by atoms with E-state index in [0.717, 1.165) is 24.3 Å². The molecule has 2 N–H and O–H groups in total. The summed E-state index contributed by atoms with van der Waals surface area (Å²) in [5, 5.41) is 27.0. The van der Waals surface area contributed by atoms with Crippen LogP contribution in [-0.4, -0.2) is 55.2 Å². The summed E-state index contributed by atoms with van der Waals surface area (Å²) in [4.78, 5) is 6.17. The summed E-state index contributed by atoms with van der Waals surface area (Å²) in [6.07, 6.45) is 7.92. The first kappa shape index (κ1) is 17.1. The van der Waals surface area contributed by atoms with Crippen LogP contribution in [-0.2, 0) is 0 Å². The van der Waals surface area contributed by atoms with Crippen LogP contribution in [0.3, 0.4) is 0 Å². The van der Waals surface area contributed by atoms with E-state index in [9.17, 15) is 5.11 Å². The van der Waals surface area contributed by atoms with Gasteiger partial charge in [-0.25, -0.2) is 9.67 Å². The van der Waals surface area contributed by atoms with Crippen molar-refractivity contribution in [3.05, 3.63) is 43.0 Å². The predicted molar refractivity (Wildman–Crippen MR) is 105 cm³/mol. The molecule has 2 unspecified atom stereocenters. The van der Waals surface area contributed by atoms with Gasteiger partial charge < -0.3 is 15.3 Å². The Kier molecular flexibility index (Phi) is 4.20. The van der Waals surface area contributed by atoms with E-state index in [1.165, 1.54) is 19.2 Å². The molecule has 0 aliphatic carbocycles. The van der Waals surface area contributed by atoms with E-state index < -0.39 is 0 Å². The Bertz CT molecular complexity index is 945. The molecule has 0 spiro atoms. The highest BCUT2D eigenvalue weighted by Gasteiger charge is 2.35. The van der Waals surface area contributed by atoms with Gasteiger partial charge in [-0.3, -0.25) is 0 Å². The number of hydrogen-bond donors (Lipinski definition) is 2. The highest BCUT2D eigenvalue weighted by atomic mass is 16.3. The van der Waals surface area contributed by atoms with Crippen molar-refractivity contribution in [1.29, 1.82) is 0 Å². The Morgan fingerprint density at radius 3 is 2.57 bits per heavy atom. The molecular weight excluding hydrogens is 354 g/mol. The fraction of sp³-hybridized carbons (Fsp3) is 0.400. The second-order valence-corrected chi connectivity index (χ2v) is 7.69. The molecule has 0 radical (unpaired) electrons. The summed E-state index contributed by atoms with van der Waals surface area (Å²) in [6.45, 7) is 0. The van der Waals surface area contributed by atoms with Gasteiger partial charge in [-0.2, -0.15) is 5.10 Å². The topological polar surface area (TPSA) is 92.0 Å². The van der Waals surface area contributed by atoms with Gasteiger partial charge >= 0.3 is 0 Å². The Labute approximate surface area is 163 Å². The first-order chi connectivity index (χ1) is 13.7. The summed E-state index contributed by atoms with van der Waals surface area (Å²) < 4.78 is 1.60. The number of aromatic nitrogens is 5. The van der Waals surface area contributed by atoms with Crippen molar-refractivity contribution in [2.45, 2.75) is 43.8 Å². The van der Waals surface area contributed by atoms with Gasteiger partial charge in [0.1, 0.15) is 18.4 Å². The van der Waals surface area contributed by atoms with Crippen LogP contribution in [0.1, 0.15) is 25.7 Å². The molecule has 2 atom stereocenters. The second kappa shape index (κ2) is 6.87. The molecule has 28 heavy (non-hydrogen) atoms. The largest absolute Gasteiger partial charge is 0.507 e. The third-order valence-electron chi connectivity index (χ3n) is 5.95. The van der Waals surface area contributed by atoms with Gasteiger partial charge in [-0.15, -0.1) is 10.2 Å². The number of benzene rings is 1. The summed E-state index contributed by atoms with van der Waals surface area (Å²) in [5.74, 6) is 1.01. The number of piperidine rings is 1. The first-order valence-corrected chi connectivity index (χ1v) is 9.68. The fourth-order valence-electron chi connectivity index (χ4n) is 4.41. The van der Waals surface area contributed by atoms with Crippen molar-refractivity contribution in [1.82, 2.24) is 30.3 Å². The zero-order valence-electron chi connectivity index (χ0n) is 15.7. The number of anilines is 1. The van der Waals surface area contributed by atoms with Crippen molar-refractivity contribution in [3.63, 3.8) is 0 Å². The minimum atomic E-state index is 0.137. The zero-order chi connectivity index (χ0) is 19.1. The Morgan fingerprint density at radius 1 is 1.11 bits per heavy atom. The average Bonchev–Trinajstić information content (AvgIpc) is 3.37. The lowest BCUT2D eigenvalue weighted by Gasteiger charge is -2.36. The van der Waals surface area contributed by atoms with Crippen molar-refractivity contribution < 1.29 is 5.11 Å². The minimum Gasteiger partial charge on any atom is -0.507 e.